The van der Waals surface area contributed by atoms with Crippen LogP contribution in [0, 0.1) is 6.92 Å². The first-order valence-electron chi connectivity index (χ1n) is 12.7. The van der Waals surface area contributed by atoms with Crippen molar-refractivity contribution in [2.45, 2.75) is 45.1 Å². The zero-order chi connectivity index (χ0) is 24.0. The molecule has 0 radical (unpaired) electrons. The number of benzene rings is 2. The van der Waals surface area contributed by atoms with E-state index in [0.29, 0.717) is 0 Å². The smallest absolute Gasteiger partial charge is 0.0658 e. The lowest BCUT2D eigenvalue weighted by Gasteiger charge is -2.41. The molecule has 4 N–H and O–H groups in total. The summed E-state index contributed by atoms with van der Waals surface area (Å²) in [4.78, 5) is 2.66. The van der Waals surface area contributed by atoms with Gasteiger partial charge in [0.1, 0.15) is 0 Å². The van der Waals surface area contributed by atoms with Gasteiger partial charge >= 0.3 is 0 Å². The lowest BCUT2D eigenvalue weighted by molar-refractivity contribution is 0.145. The van der Waals surface area contributed by atoms with Crippen LogP contribution in [0.4, 0.5) is 0 Å². The molecule has 5 rings (SSSR count). The summed E-state index contributed by atoms with van der Waals surface area (Å²) >= 11 is 0. The third-order valence-corrected chi connectivity index (χ3v) is 7.20. The fourth-order valence-corrected chi connectivity index (χ4v) is 5.08. The summed E-state index contributed by atoms with van der Waals surface area (Å²) in [5, 5.41) is 7.29. The summed E-state index contributed by atoms with van der Waals surface area (Å²) < 4.78 is 0. The molecular formula is C30H40N4. The Morgan fingerprint density at radius 1 is 1.15 bits per heavy atom. The summed E-state index contributed by atoms with van der Waals surface area (Å²) in [6.07, 6.45) is 11.5. The van der Waals surface area contributed by atoms with Crippen molar-refractivity contribution >= 4 is 11.4 Å². The minimum absolute atomic E-state index is 0.0557. The first-order chi connectivity index (χ1) is 16.5. The van der Waals surface area contributed by atoms with Crippen molar-refractivity contribution in [1.82, 2.24) is 15.5 Å². The molecule has 1 unspecified atom stereocenters. The number of hydrogen-bond acceptors (Lipinski definition) is 4. The van der Waals surface area contributed by atoms with E-state index in [1.807, 2.05) is 7.05 Å². The summed E-state index contributed by atoms with van der Waals surface area (Å²) in [5.41, 5.74) is 14.5. The van der Waals surface area contributed by atoms with Crippen molar-refractivity contribution in [2.24, 2.45) is 5.73 Å². The number of unbranched alkanes of at least 4 members (excludes halogenated alkanes) is 1. The van der Waals surface area contributed by atoms with Crippen LogP contribution in [-0.2, 0) is 6.42 Å². The molecule has 180 valence electrons. The topological polar surface area (TPSA) is 53.3 Å². The van der Waals surface area contributed by atoms with Crippen molar-refractivity contribution in [1.29, 1.82) is 0 Å². The minimum Gasteiger partial charge on any atom is -0.386 e. The van der Waals surface area contributed by atoms with Crippen LogP contribution in [0.3, 0.4) is 0 Å². The van der Waals surface area contributed by atoms with E-state index < -0.39 is 0 Å². The quantitative estimate of drug-likeness (QED) is 0.543. The molecule has 0 amide bonds. The summed E-state index contributed by atoms with van der Waals surface area (Å²) in [6, 6.07) is 17.7. The van der Waals surface area contributed by atoms with Crippen LogP contribution in [0.25, 0.3) is 11.4 Å². The van der Waals surface area contributed by atoms with E-state index in [9.17, 15) is 0 Å². The molecule has 4 bridgehead atoms. The Kier molecular flexibility index (Phi) is 7.91. The molecule has 2 heterocycles. The molecule has 2 aromatic carbocycles. The number of nitrogens with one attached hydrogen (secondary N) is 2. The highest BCUT2D eigenvalue weighted by Crippen LogP contribution is 2.30. The Labute approximate surface area is 205 Å². The standard InChI is InChI=1S/C30H40N4/c1-23-8-6-10-26(20-23)28(32-3)29-27-11-7-9-24(21-27)14-19-34(18-5-4-17-31)30(2)15-12-25(13-16-30)22-33-29/h6-13,15,20-21,32-33H,4-5,14,16-19,22,31H2,1-3H3/b29-28+. The number of nitrogens with zero attached hydrogens (tertiary/aromatic N) is 1. The van der Waals surface area contributed by atoms with E-state index >= 15 is 0 Å². The van der Waals surface area contributed by atoms with E-state index in [1.54, 1.807) is 0 Å². The third kappa shape index (κ3) is 5.63. The lowest BCUT2D eigenvalue weighted by atomic mass is 9.88. The fraction of sp³-hybridized carbons (Fsp3) is 0.400. The van der Waals surface area contributed by atoms with Gasteiger partial charge in [0.2, 0.25) is 0 Å². The van der Waals surface area contributed by atoms with Crippen LogP contribution in [0.1, 0.15) is 48.4 Å². The van der Waals surface area contributed by atoms with Gasteiger partial charge in [-0.3, -0.25) is 4.90 Å². The Morgan fingerprint density at radius 2 is 2.00 bits per heavy atom. The van der Waals surface area contributed by atoms with Gasteiger partial charge in [-0.05, 0) is 81.5 Å². The van der Waals surface area contributed by atoms with Gasteiger partial charge in [-0.15, -0.1) is 0 Å². The normalized spacial score (nSPS) is 22.2. The first-order valence-corrected chi connectivity index (χ1v) is 12.7. The minimum atomic E-state index is 0.0557. The molecule has 2 aliphatic heterocycles. The number of fused-ring (bicyclic) bond motifs is 5. The number of aryl methyl sites for hydroxylation is 1. The molecule has 0 saturated heterocycles. The highest BCUT2D eigenvalue weighted by molar-refractivity contribution is 5.89. The molecular weight excluding hydrogens is 416 g/mol. The molecule has 0 spiro atoms. The van der Waals surface area contributed by atoms with Crippen molar-refractivity contribution in [3.05, 3.63) is 94.6 Å². The van der Waals surface area contributed by atoms with Crippen LogP contribution in [0.5, 0.6) is 0 Å². The molecule has 2 aromatic rings. The second kappa shape index (κ2) is 11.1. The Hall–Kier alpha value is -2.82. The van der Waals surface area contributed by atoms with Crippen molar-refractivity contribution in [3.8, 4) is 0 Å². The molecule has 4 nitrogen and oxygen atoms in total. The molecule has 34 heavy (non-hydrogen) atoms. The molecule has 0 fully saturated rings. The van der Waals surface area contributed by atoms with Gasteiger partial charge in [0.25, 0.3) is 0 Å². The largest absolute Gasteiger partial charge is 0.386 e. The maximum atomic E-state index is 5.79. The fourth-order valence-electron chi connectivity index (χ4n) is 5.08. The van der Waals surface area contributed by atoms with E-state index in [0.717, 1.165) is 63.3 Å². The summed E-state index contributed by atoms with van der Waals surface area (Å²) in [5.74, 6) is 0. The van der Waals surface area contributed by atoms with Crippen LogP contribution in [0.15, 0.2) is 72.3 Å². The maximum Gasteiger partial charge on any atom is 0.0658 e. The Morgan fingerprint density at radius 3 is 2.74 bits per heavy atom. The average Bonchev–Trinajstić information content (AvgIpc) is 2.85. The molecule has 0 aromatic heterocycles. The van der Waals surface area contributed by atoms with Gasteiger partial charge in [0.15, 0.2) is 0 Å². The van der Waals surface area contributed by atoms with E-state index in [2.05, 4.69) is 96.1 Å². The van der Waals surface area contributed by atoms with Gasteiger partial charge in [-0.2, -0.15) is 0 Å². The second-order valence-electron chi connectivity index (χ2n) is 9.83. The molecule has 1 atom stereocenters. The third-order valence-electron chi connectivity index (χ3n) is 7.20. The monoisotopic (exact) mass is 456 g/mol. The van der Waals surface area contributed by atoms with E-state index in [-0.39, 0.29) is 5.54 Å². The van der Waals surface area contributed by atoms with Gasteiger partial charge in [-0.1, -0.05) is 60.2 Å². The van der Waals surface area contributed by atoms with E-state index in [4.69, 9.17) is 5.73 Å². The van der Waals surface area contributed by atoms with Crippen molar-refractivity contribution in [2.75, 3.05) is 33.2 Å². The number of hydrogen-bond donors (Lipinski definition) is 3. The Bertz CT molecular complexity index is 1080. The van der Waals surface area contributed by atoms with Crippen LogP contribution < -0.4 is 16.4 Å². The van der Waals surface area contributed by atoms with Crippen LogP contribution >= 0.6 is 0 Å². The number of rotatable bonds is 6. The zero-order valence-electron chi connectivity index (χ0n) is 21.0. The first kappa shape index (κ1) is 24.3. The predicted octanol–water partition coefficient (Wildman–Crippen LogP) is 4.87. The van der Waals surface area contributed by atoms with E-state index in [1.165, 1.54) is 27.8 Å². The highest BCUT2D eigenvalue weighted by atomic mass is 15.2. The SMILES string of the molecule is CN/C(=C1/NCC2=CCC(C)(C=C2)N(CCCCN)CCc2cccc1c2)c1cccc(C)c1. The van der Waals surface area contributed by atoms with Gasteiger partial charge < -0.3 is 16.4 Å². The average molecular weight is 457 g/mol. The van der Waals surface area contributed by atoms with Crippen molar-refractivity contribution < 1.29 is 0 Å². The zero-order valence-corrected chi connectivity index (χ0v) is 21.0. The Balaban J connectivity index is 1.74. The molecule has 4 heteroatoms. The van der Waals surface area contributed by atoms with Crippen molar-refractivity contribution in [3.63, 3.8) is 0 Å². The predicted molar refractivity (Wildman–Crippen MR) is 145 cm³/mol. The highest BCUT2D eigenvalue weighted by Gasteiger charge is 2.30. The molecule has 1 aliphatic carbocycles. The van der Waals surface area contributed by atoms with Gasteiger partial charge in [0.05, 0.1) is 11.4 Å². The summed E-state index contributed by atoms with van der Waals surface area (Å²) in [6.45, 7) is 8.22. The number of nitrogens with two attached hydrogens (primary N) is 1. The lowest BCUT2D eigenvalue weighted by Crippen LogP contribution is -2.47. The van der Waals surface area contributed by atoms with Crippen LogP contribution in [-0.4, -0.2) is 43.7 Å². The summed E-state index contributed by atoms with van der Waals surface area (Å²) in [7, 11) is 2.02. The molecule has 0 saturated carbocycles. The second-order valence-corrected chi connectivity index (χ2v) is 9.83. The van der Waals surface area contributed by atoms with Gasteiger partial charge in [-0.25, -0.2) is 0 Å². The maximum absolute atomic E-state index is 5.79. The molecule has 3 aliphatic rings. The van der Waals surface area contributed by atoms with Gasteiger partial charge in [0, 0.05) is 31.2 Å². The van der Waals surface area contributed by atoms with Crippen LogP contribution in [0.2, 0.25) is 0 Å².